The Morgan fingerprint density at radius 3 is 2.65 bits per heavy atom. The number of hydrogen-bond donors (Lipinski definition) is 6. The third-order valence-electron chi connectivity index (χ3n) is 10.4. The van der Waals surface area contributed by atoms with Crippen molar-refractivity contribution in [1.29, 1.82) is 0 Å². The fourth-order valence-corrected chi connectivity index (χ4v) is 7.64. The summed E-state index contributed by atoms with van der Waals surface area (Å²) in [6.45, 7) is 8.22. The van der Waals surface area contributed by atoms with Crippen molar-refractivity contribution in [2.24, 2.45) is 11.8 Å². The van der Waals surface area contributed by atoms with Crippen molar-refractivity contribution in [2.75, 3.05) is 26.8 Å². The Balaban J connectivity index is 1.26. The Morgan fingerprint density at radius 1 is 1.10 bits per heavy atom. The number of ether oxygens (including phenoxy) is 1. The maximum atomic E-state index is 13.0. The predicted octanol–water partition coefficient (Wildman–Crippen LogP) is 2.96. The molecule has 0 aromatic rings. The van der Waals surface area contributed by atoms with Crippen LogP contribution in [-0.2, 0) is 19.1 Å². The lowest BCUT2D eigenvalue weighted by molar-refractivity contribution is -0.131. The maximum absolute atomic E-state index is 13.0. The molecular formula is C37H59N5O6. The average Bonchev–Trinajstić information content (AvgIpc) is 3.52. The molecule has 6 N–H and O–H groups in total. The summed E-state index contributed by atoms with van der Waals surface area (Å²) in [6, 6.07) is -1.45. The van der Waals surface area contributed by atoms with Crippen LogP contribution in [0, 0.1) is 11.8 Å². The number of carbonyl (C=O) groups excluding carboxylic acids is 3. The molecular weight excluding hydrogens is 610 g/mol. The van der Waals surface area contributed by atoms with E-state index in [-0.39, 0.29) is 36.5 Å². The van der Waals surface area contributed by atoms with Gasteiger partial charge in [0.05, 0.1) is 12.7 Å². The molecule has 3 amide bonds. The molecule has 1 aliphatic heterocycles. The first-order valence-electron chi connectivity index (χ1n) is 18.1. The Kier molecular flexibility index (Phi) is 14.7. The maximum Gasteiger partial charge on any atom is 0.242 e. The molecule has 1 saturated heterocycles. The molecule has 1 heterocycles. The molecule has 0 aromatic carbocycles. The van der Waals surface area contributed by atoms with Gasteiger partial charge in [0.15, 0.2) is 0 Å². The number of hydrogen-bond acceptors (Lipinski definition) is 8. The fraction of sp³-hybridized carbons (Fsp3) is 0.703. The highest BCUT2D eigenvalue weighted by Gasteiger charge is 2.39. The second-order valence-electron chi connectivity index (χ2n) is 14.0. The SMILES string of the molecule is C=CCCCCC(=O)N[C@@H](C)C(=O)N[C@@H](C)C(=O)NC1C=C(CO[C@@H]2CCC(C(O)N3CCC4C=CCC[C@H]43)=C(NC)C2)C[C@@H](CO)C1. The van der Waals surface area contributed by atoms with Gasteiger partial charge in [0, 0.05) is 50.8 Å². The van der Waals surface area contributed by atoms with Crippen molar-refractivity contribution in [3.63, 3.8) is 0 Å². The molecule has 3 unspecified atom stereocenters. The number of allylic oxidation sites excluding steroid dienone is 2. The van der Waals surface area contributed by atoms with Gasteiger partial charge in [-0.3, -0.25) is 19.3 Å². The van der Waals surface area contributed by atoms with E-state index in [9.17, 15) is 24.6 Å². The Morgan fingerprint density at radius 2 is 1.90 bits per heavy atom. The van der Waals surface area contributed by atoms with E-state index in [0.717, 1.165) is 74.8 Å². The summed E-state index contributed by atoms with van der Waals surface area (Å²) in [5, 5.41) is 33.2. The fourth-order valence-electron chi connectivity index (χ4n) is 7.64. The van der Waals surface area contributed by atoms with Crippen molar-refractivity contribution in [3.8, 4) is 0 Å². The highest BCUT2D eigenvalue weighted by atomic mass is 16.5. The second kappa shape index (κ2) is 18.7. The average molecular weight is 670 g/mol. The normalized spacial score (nSPS) is 27.7. The summed E-state index contributed by atoms with van der Waals surface area (Å²) >= 11 is 0. The molecule has 0 radical (unpaired) electrons. The largest absolute Gasteiger partial charge is 0.396 e. The smallest absolute Gasteiger partial charge is 0.242 e. The standard InChI is InChI=1S/C37H59N5O6/c1-5-6-7-8-13-34(44)39-24(2)35(45)40-25(3)36(46)41-29-19-26(22-43)18-27(20-29)23-48-30-14-15-31(32(21-30)38-4)37(47)42-17-16-28-11-9-10-12-33(28)42/h5,9,11,20,24-26,28-30,33,37-38,43,47H,1,6-8,10,12-19,21-23H2,2-4H3,(H,39,44)(H,40,45)(H,41,46)/t24-,25-,26+,28?,29?,30+,33+,37?/m0/s1. The number of nitrogens with one attached hydrogen (secondary N) is 4. The molecule has 11 nitrogen and oxygen atoms in total. The molecule has 4 aliphatic rings. The Bertz CT molecular complexity index is 1220. The molecule has 48 heavy (non-hydrogen) atoms. The van der Waals surface area contributed by atoms with Crippen LogP contribution in [0.4, 0.5) is 0 Å². The van der Waals surface area contributed by atoms with E-state index in [1.165, 1.54) is 0 Å². The van der Waals surface area contributed by atoms with Crippen LogP contribution >= 0.6 is 0 Å². The van der Waals surface area contributed by atoms with Crippen molar-refractivity contribution < 1.29 is 29.3 Å². The number of unbranched alkanes of at least 4 members (excludes halogenated alkanes) is 2. The summed E-state index contributed by atoms with van der Waals surface area (Å²) < 4.78 is 6.40. The van der Waals surface area contributed by atoms with Crippen LogP contribution in [0.15, 0.2) is 47.7 Å². The van der Waals surface area contributed by atoms with Crippen molar-refractivity contribution in [3.05, 3.63) is 47.7 Å². The van der Waals surface area contributed by atoms with Gasteiger partial charge in [-0.15, -0.1) is 6.58 Å². The molecule has 1 fully saturated rings. The van der Waals surface area contributed by atoms with Crippen LogP contribution in [0.2, 0.25) is 0 Å². The van der Waals surface area contributed by atoms with Crippen LogP contribution in [-0.4, -0.2) is 96.1 Å². The lowest BCUT2D eigenvalue weighted by Crippen LogP contribution is -2.53. The topological polar surface area (TPSA) is 152 Å². The van der Waals surface area contributed by atoms with Crippen molar-refractivity contribution in [2.45, 2.75) is 127 Å². The minimum absolute atomic E-state index is 0.000597. The van der Waals surface area contributed by atoms with Gasteiger partial charge in [0.25, 0.3) is 0 Å². The van der Waals surface area contributed by atoms with Crippen molar-refractivity contribution >= 4 is 17.7 Å². The van der Waals surface area contributed by atoms with Crippen LogP contribution in [0.5, 0.6) is 0 Å². The van der Waals surface area contributed by atoms with Gasteiger partial charge in [-0.05, 0) is 101 Å². The number of aliphatic hydroxyl groups excluding tert-OH is 2. The van der Waals surface area contributed by atoms with Crippen LogP contribution < -0.4 is 21.3 Å². The first-order valence-corrected chi connectivity index (χ1v) is 18.1. The van der Waals surface area contributed by atoms with E-state index in [2.05, 4.69) is 44.9 Å². The Labute approximate surface area is 286 Å². The van der Waals surface area contributed by atoms with Gasteiger partial charge in [-0.2, -0.15) is 0 Å². The molecule has 0 aromatic heterocycles. The minimum atomic E-state index is -0.799. The van der Waals surface area contributed by atoms with E-state index in [1.54, 1.807) is 13.8 Å². The molecule has 8 atom stereocenters. The van der Waals surface area contributed by atoms with E-state index < -0.39 is 24.2 Å². The first-order chi connectivity index (χ1) is 23.1. The first kappa shape index (κ1) is 37.8. The Hall–Kier alpha value is -2.99. The number of fused-ring (bicyclic) bond motifs is 1. The van der Waals surface area contributed by atoms with E-state index in [0.29, 0.717) is 44.2 Å². The summed E-state index contributed by atoms with van der Waals surface area (Å²) in [6.07, 6.45) is 17.5. The molecule has 0 spiro atoms. The number of likely N-dealkylation sites (tertiary alicyclic amines) is 1. The van der Waals surface area contributed by atoms with E-state index in [1.807, 2.05) is 19.2 Å². The highest BCUT2D eigenvalue weighted by molar-refractivity contribution is 5.91. The number of rotatable bonds is 17. The third-order valence-corrected chi connectivity index (χ3v) is 10.4. The quantitative estimate of drug-likeness (QED) is 0.102. The minimum Gasteiger partial charge on any atom is -0.396 e. The van der Waals surface area contributed by atoms with Gasteiger partial charge in [0.1, 0.15) is 18.3 Å². The number of amides is 3. The summed E-state index contributed by atoms with van der Waals surface area (Å²) in [7, 11) is 1.91. The molecule has 3 aliphatic carbocycles. The summed E-state index contributed by atoms with van der Waals surface area (Å²) in [5.74, 6) is -0.420. The van der Waals surface area contributed by atoms with Gasteiger partial charge in [-0.25, -0.2) is 0 Å². The van der Waals surface area contributed by atoms with Crippen LogP contribution in [0.1, 0.15) is 90.9 Å². The zero-order chi connectivity index (χ0) is 34.6. The highest BCUT2D eigenvalue weighted by Crippen LogP contribution is 2.37. The third kappa shape index (κ3) is 10.5. The lowest BCUT2D eigenvalue weighted by atomic mass is 9.86. The van der Waals surface area contributed by atoms with Gasteiger partial charge in [-0.1, -0.05) is 24.3 Å². The monoisotopic (exact) mass is 669 g/mol. The summed E-state index contributed by atoms with van der Waals surface area (Å²) in [4.78, 5) is 40.2. The molecule has 0 saturated carbocycles. The summed E-state index contributed by atoms with van der Waals surface area (Å²) in [5.41, 5.74) is 3.16. The van der Waals surface area contributed by atoms with Crippen molar-refractivity contribution in [1.82, 2.24) is 26.2 Å². The van der Waals surface area contributed by atoms with Crippen LogP contribution in [0.25, 0.3) is 0 Å². The van der Waals surface area contributed by atoms with Crippen LogP contribution in [0.3, 0.4) is 0 Å². The zero-order valence-electron chi connectivity index (χ0n) is 29.2. The molecule has 4 rings (SSSR count). The lowest BCUT2D eigenvalue weighted by Gasteiger charge is -2.37. The number of aliphatic hydroxyl groups is 2. The molecule has 11 heteroatoms. The zero-order valence-corrected chi connectivity index (χ0v) is 29.2. The van der Waals surface area contributed by atoms with Gasteiger partial charge in [0.2, 0.25) is 17.7 Å². The number of nitrogens with zero attached hydrogens (tertiary/aromatic N) is 1. The van der Waals surface area contributed by atoms with E-state index in [4.69, 9.17) is 4.74 Å². The van der Waals surface area contributed by atoms with Gasteiger partial charge < -0.3 is 36.2 Å². The van der Waals surface area contributed by atoms with Gasteiger partial charge >= 0.3 is 0 Å². The molecule has 0 bridgehead atoms. The number of carbonyl (C=O) groups is 3. The second-order valence-corrected chi connectivity index (χ2v) is 14.0. The van der Waals surface area contributed by atoms with E-state index >= 15 is 0 Å². The molecule has 268 valence electrons. The predicted molar refractivity (Wildman–Crippen MR) is 186 cm³/mol.